The van der Waals surface area contributed by atoms with E-state index in [2.05, 4.69) is 42.5 Å². The first kappa shape index (κ1) is 62.0. The summed E-state index contributed by atoms with van der Waals surface area (Å²) in [5, 5.41) is 21.0. The molecule has 5 rings (SSSR count). The lowest BCUT2D eigenvalue weighted by molar-refractivity contribution is -0.163. The van der Waals surface area contributed by atoms with Gasteiger partial charge in [0, 0.05) is 0 Å². The van der Waals surface area contributed by atoms with Crippen LogP contribution in [0.2, 0.25) is 0 Å². The molecule has 4 aliphatic carbocycles. The van der Waals surface area contributed by atoms with Gasteiger partial charge in [0.05, 0.1) is 37.9 Å². The largest absolute Gasteiger partial charge is 0.467 e. The zero-order chi connectivity index (χ0) is 58.6. The van der Waals surface area contributed by atoms with Crippen LogP contribution in [0.15, 0.2) is 24.3 Å². The van der Waals surface area contributed by atoms with Crippen molar-refractivity contribution in [2.75, 3.05) is 27.4 Å². The first-order valence-corrected chi connectivity index (χ1v) is 26.5. The zero-order valence-electron chi connectivity index (χ0n) is 47.2. The molecule has 0 radical (unpaired) electrons. The molecule has 78 heavy (non-hydrogen) atoms. The van der Waals surface area contributed by atoms with Gasteiger partial charge >= 0.3 is 23.9 Å². The molecule has 3 fully saturated rings. The number of hydrogen-bond donors (Lipinski definition) is 8. The summed E-state index contributed by atoms with van der Waals surface area (Å²) < 4.78 is 21.2. The third-order valence-electron chi connectivity index (χ3n) is 15.0. The number of cyclic esters (lactones) is 2. The second-order valence-electron chi connectivity index (χ2n) is 24.1. The Balaban J connectivity index is 1.55. The predicted molar refractivity (Wildman–Crippen MR) is 277 cm³/mol. The summed E-state index contributed by atoms with van der Waals surface area (Å²) in [6.45, 7) is 16.4. The van der Waals surface area contributed by atoms with Crippen molar-refractivity contribution >= 4 is 71.1 Å². The van der Waals surface area contributed by atoms with E-state index in [0.29, 0.717) is 12.8 Å². The number of allylic oxidation sites excluding steroid dienone is 4. The minimum atomic E-state index is -1.77. The zero-order valence-corrected chi connectivity index (χ0v) is 47.2. The SMILES string of the molecule is COC(=O)C(C)(C)NC(=O)C(C)(C)NC(=O)[C@@H]1COC(=O)[C@@H]2[C@@H](C(=O)OC[C@@H](C(=O)NC(C)(C)C(=O)NC(C)(C)C(=O)OC)NC(=O)[C@H](CC(C)C)NC(=O)[C@@H]3[C@@H](C(=O)N[C@@H](CC(C)C)C(=O)N1)[C@@H]1C=C[C@H]3C1)[C@H]1C=C[C@@H]2C1. The summed E-state index contributed by atoms with van der Waals surface area (Å²) in [6, 6.07) is -6.10. The maximum Gasteiger partial charge on any atom is 0.330 e. The Morgan fingerprint density at radius 3 is 1.09 bits per heavy atom. The Kier molecular flexibility index (Phi) is 19.4. The van der Waals surface area contributed by atoms with Crippen LogP contribution in [0, 0.1) is 59.2 Å². The van der Waals surface area contributed by atoms with Crippen molar-refractivity contribution in [2.45, 2.75) is 155 Å². The van der Waals surface area contributed by atoms with Gasteiger partial charge in [0.2, 0.25) is 47.3 Å². The number of esters is 4. The van der Waals surface area contributed by atoms with Gasteiger partial charge in [-0.05, 0) is 117 Å². The van der Waals surface area contributed by atoms with Crippen molar-refractivity contribution in [3.8, 4) is 0 Å². The molecular weight excluding hydrogens is 1020 g/mol. The summed E-state index contributed by atoms with van der Waals surface area (Å²) in [4.78, 5) is 168. The lowest BCUT2D eigenvalue weighted by atomic mass is 9.81. The lowest BCUT2D eigenvalue weighted by Crippen LogP contribution is -2.64. The molecule has 8 N–H and O–H groups in total. The highest BCUT2D eigenvalue weighted by Gasteiger charge is 2.55. The highest BCUT2D eigenvalue weighted by atomic mass is 16.5. The molecular formula is C54H80N8O16. The summed E-state index contributed by atoms with van der Waals surface area (Å²) in [5.41, 5.74) is -6.61. The molecule has 1 heterocycles. The molecule has 1 aliphatic heterocycles. The second-order valence-corrected chi connectivity index (χ2v) is 24.1. The van der Waals surface area contributed by atoms with Crippen molar-refractivity contribution in [3.63, 3.8) is 0 Å². The van der Waals surface area contributed by atoms with Crippen molar-refractivity contribution in [1.29, 1.82) is 0 Å². The lowest BCUT2D eigenvalue weighted by Gasteiger charge is -2.33. The third-order valence-corrected chi connectivity index (χ3v) is 15.0. The molecule has 1 saturated heterocycles. The van der Waals surface area contributed by atoms with Crippen molar-refractivity contribution in [2.24, 2.45) is 59.2 Å². The van der Waals surface area contributed by atoms with Crippen LogP contribution in [0.25, 0.3) is 0 Å². The van der Waals surface area contributed by atoms with Gasteiger partial charge in [-0.1, -0.05) is 52.0 Å². The first-order chi connectivity index (χ1) is 36.1. The van der Waals surface area contributed by atoms with Crippen molar-refractivity contribution in [1.82, 2.24) is 42.5 Å². The molecule has 12 atom stereocenters. The Morgan fingerprint density at radius 1 is 0.487 bits per heavy atom. The summed E-state index contributed by atoms with van der Waals surface area (Å²) >= 11 is 0. The molecule has 432 valence electrons. The second kappa shape index (κ2) is 24.4. The van der Waals surface area contributed by atoms with Gasteiger partial charge in [0.25, 0.3) is 0 Å². The number of ether oxygens (including phenoxy) is 4. The van der Waals surface area contributed by atoms with Crippen molar-refractivity contribution < 1.29 is 76.5 Å². The molecule has 8 amide bonds. The third kappa shape index (κ3) is 14.4. The Bertz CT molecular complexity index is 2300. The molecule has 4 bridgehead atoms. The highest BCUT2D eigenvalue weighted by molar-refractivity contribution is 6.00. The fourth-order valence-corrected chi connectivity index (χ4v) is 10.8. The fourth-order valence-electron chi connectivity index (χ4n) is 10.8. The maximum atomic E-state index is 14.6. The molecule has 0 unspecified atom stereocenters. The van der Waals surface area contributed by atoms with E-state index >= 15 is 0 Å². The summed E-state index contributed by atoms with van der Waals surface area (Å²) in [7, 11) is 2.28. The molecule has 0 aromatic heterocycles. The highest BCUT2D eigenvalue weighted by Crippen LogP contribution is 2.50. The van der Waals surface area contributed by atoms with Crippen LogP contribution in [0.5, 0.6) is 0 Å². The number of carbonyl (C=O) groups excluding carboxylic acids is 12. The van der Waals surface area contributed by atoms with Crippen molar-refractivity contribution in [3.05, 3.63) is 24.3 Å². The number of methoxy groups -OCH3 is 2. The van der Waals surface area contributed by atoms with E-state index < -0.39 is 178 Å². The number of carbonyl (C=O) groups is 12. The van der Waals surface area contributed by atoms with Gasteiger partial charge in [-0.15, -0.1) is 0 Å². The number of rotatable bonds is 14. The Hall–Kier alpha value is -6.88. The maximum absolute atomic E-state index is 14.6. The quantitative estimate of drug-likeness (QED) is 0.0641. The number of fused-ring (bicyclic) bond motifs is 10. The molecule has 24 nitrogen and oxygen atoms in total. The van der Waals surface area contributed by atoms with Gasteiger partial charge in [-0.3, -0.25) is 47.9 Å². The van der Waals surface area contributed by atoms with E-state index in [1.54, 1.807) is 39.8 Å². The fraction of sp³-hybridized carbons (Fsp3) is 0.704. The standard InChI is InChI=1S/C54H80N8O16/c1-25(2)19-31-39(63)57-33(41(65)59-51(5,6)47(71)61-53(9,10)49(73)75-13)23-77-45(69)37-29-17-18-30(22-29)38(37)46(70)78-24-34(42(66)60-52(7,8)48(72)62-54(11,12)50(74)76-14)58-40(64)32(20-26(3)4)56-44(68)36-28-16-15-27(21-28)35(36)43(67)55-31/h15-18,25-38H,19-24H2,1-14H3,(H,55,67)(H,56,68)(H,57,63)(H,58,64)(H,59,65)(H,60,66)(H,61,71)(H,62,72)/t27-,28+,29-,30+,31-,32-,33-,34-,35-,36-,37-,38-/m0/s1. The van der Waals surface area contributed by atoms with Gasteiger partial charge in [-0.2, -0.15) is 0 Å². The normalized spacial score (nSPS) is 29.0. The van der Waals surface area contributed by atoms with E-state index in [0.717, 1.165) is 14.2 Å². The average molecular weight is 1100 g/mol. The first-order valence-electron chi connectivity index (χ1n) is 26.5. The number of nitrogens with one attached hydrogen (secondary N) is 8. The topological polar surface area (TPSA) is 338 Å². The molecule has 5 aliphatic rings. The summed E-state index contributed by atoms with van der Waals surface area (Å²) in [6.07, 6.45) is 7.88. The van der Waals surface area contributed by atoms with Crippen LogP contribution < -0.4 is 42.5 Å². The molecule has 2 saturated carbocycles. The smallest absolute Gasteiger partial charge is 0.330 e. The van der Waals surface area contributed by atoms with Gasteiger partial charge in [0.1, 0.15) is 59.5 Å². The van der Waals surface area contributed by atoms with Gasteiger partial charge in [-0.25, -0.2) is 9.59 Å². The van der Waals surface area contributed by atoms with Crippen LogP contribution in [-0.4, -0.2) is 145 Å². The van der Waals surface area contributed by atoms with E-state index in [9.17, 15) is 57.5 Å². The van der Waals surface area contributed by atoms with Gasteiger partial charge in [0.15, 0.2) is 0 Å². The van der Waals surface area contributed by atoms with Crippen LogP contribution in [0.1, 0.15) is 109 Å². The van der Waals surface area contributed by atoms with E-state index in [-0.39, 0.29) is 24.7 Å². The van der Waals surface area contributed by atoms with Crippen LogP contribution in [0.4, 0.5) is 0 Å². The summed E-state index contributed by atoms with van der Waals surface area (Å²) in [5.74, 6) is -17.1. The van der Waals surface area contributed by atoms with E-state index in [1.807, 2.05) is 12.2 Å². The van der Waals surface area contributed by atoms with Gasteiger partial charge < -0.3 is 61.5 Å². The minimum Gasteiger partial charge on any atom is -0.467 e. The molecule has 0 aromatic carbocycles. The molecule has 24 heteroatoms. The number of amides is 8. The predicted octanol–water partition coefficient (Wildman–Crippen LogP) is -0.0804. The Labute approximate surface area is 454 Å². The minimum absolute atomic E-state index is 0.0374. The average Bonchev–Trinajstić information content (AvgIpc) is 4.17. The van der Waals surface area contributed by atoms with E-state index in [1.165, 1.54) is 55.4 Å². The number of hydrogen-bond acceptors (Lipinski definition) is 16. The van der Waals surface area contributed by atoms with Crippen LogP contribution in [0.3, 0.4) is 0 Å². The van der Waals surface area contributed by atoms with Crippen LogP contribution >= 0.6 is 0 Å². The molecule has 0 aromatic rings. The monoisotopic (exact) mass is 1100 g/mol. The Morgan fingerprint density at radius 2 is 0.795 bits per heavy atom. The van der Waals surface area contributed by atoms with Crippen LogP contribution in [-0.2, 0) is 76.5 Å². The molecule has 0 spiro atoms. The van der Waals surface area contributed by atoms with E-state index in [4.69, 9.17) is 18.9 Å².